The van der Waals surface area contributed by atoms with Crippen LogP contribution in [0.5, 0.6) is 0 Å². The van der Waals surface area contributed by atoms with Gasteiger partial charge in [-0.05, 0) is 47.2 Å². The zero-order valence-electron chi connectivity index (χ0n) is 15.8. The first-order valence-electron chi connectivity index (χ1n) is 9.38. The van der Waals surface area contributed by atoms with Crippen LogP contribution in [0.2, 0.25) is 6.32 Å². The molecule has 1 saturated heterocycles. The summed E-state index contributed by atoms with van der Waals surface area (Å²) < 4.78 is 9.33. The Kier molecular flexibility index (Phi) is 3.36. The highest BCUT2D eigenvalue weighted by molar-refractivity contribution is 7.28. The fourth-order valence-corrected chi connectivity index (χ4v) is 5.63. The maximum atomic E-state index is 6.55. The van der Waals surface area contributed by atoms with Crippen molar-refractivity contribution in [3.05, 3.63) is 54.6 Å². The number of rotatable bonds is 1. The van der Waals surface area contributed by atoms with Gasteiger partial charge in [-0.15, -0.1) is 11.3 Å². The van der Waals surface area contributed by atoms with Crippen LogP contribution in [0.1, 0.15) is 27.7 Å². The molecule has 0 unspecified atom stereocenters. The van der Waals surface area contributed by atoms with Gasteiger partial charge in [0.2, 0.25) is 0 Å². The van der Waals surface area contributed by atoms with Crippen molar-refractivity contribution < 1.29 is 4.65 Å². The van der Waals surface area contributed by atoms with Crippen molar-refractivity contribution in [3.8, 4) is 0 Å². The summed E-state index contributed by atoms with van der Waals surface area (Å²) in [6.45, 7) is 9.27. The zero-order valence-corrected chi connectivity index (χ0v) is 16.6. The van der Waals surface area contributed by atoms with Crippen molar-refractivity contribution in [2.45, 2.75) is 39.6 Å². The Hall–Kier alpha value is -1.84. The minimum atomic E-state index is -0.108. The van der Waals surface area contributed by atoms with E-state index in [1.807, 2.05) is 11.3 Å². The molecule has 4 aromatic rings. The van der Waals surface area contributed by atoms with E-state index in [9.17, 15) is 0 Å². The van der Waals surface area contributed by atoms with Crippen molar-refractivity contribution >= 4 is 54.7 Å². The van der Waals surface area contributed by atoms with Gasteiger partial charge >= 0.3 is 6.92 Å². The van der Waals surface area contributed by atoms with E-state index in [-0.39, 0.29) is 17.9 Å². The number of fused-ring (bicyclic) bond motifs is 5. The Morgan fingerprint density at radius 2 is 1.54 bits per heavy atom. The first-order valence-corrected chi connectivity index (χ1v) is 10.2. The summed E-state index contributed by atoms with van der Waals surface area (Å²) in [6, 6.07) is 19.9. The average molecular weight is 358 g/mol. The molecule has 0 atom stereocenters. The van der Waals surface area contributed by atoms with Crippen LogP contribution in [-0.4, -0.2) is 12.5 Å². The van der Waals surface area contributed by atoms with Crippen LogP contribution in [0, 0.1) is 5.41 Å². The number of benzene rings is 3. The maximum absolute atomic E-state index is 6.55. The molecule has 0 aliphatic carbocycles. The van der Waals surface area contributed by atoms with Crippen molar-refractivity contribution in [1.82, 2.24) is 0 Å². The van der Waals surface area contributed by atoms with Gasteiger partial charge in [-0.2, -0.15) is 0 Å². The lowest BCUT2D eigenvalue weighted by molar-refractivity contribution is 0.0376. The molecule has 1 aliphatic heterocycles. The average Bonchev–Trinajstić information content (AvgIpc) is 3.09. The van der Waals surface area contributed by atoms with E-state index in [4.69, 9.17) is 4.65 Å². The molecule has 0 radical (unpaired) electrons. The van der Waals surface area contributed by atoms with E-state index in [2.05, 4.69) is 82.3 Å². The number of hydrogen-bond donors (Lipinski definition) is 0. The van der Waals surface area contributed by atoms with Crippen LogP contribution >= 0.6 is 11.3 Å². The van der Waals surface area contributed by atoms with Gasteiger partial charge in [0.25, 0.3) is 0 Å². The molecule has 0 N–H and O–H groups in total. The second-order valence-electron chi connectivity index (χ2n) is 8.69. The van der Waals surface area contributed by atoms with E-state index in [1.54, 1.807) is 0 Å². The normalized spacial score (nSPS) is 19.0. The number of thiophene rings is 1. The summed E-state index contributed by atoms with van der Waals surface area (Å²) in [6.07, 6.45) is 1.06. The molecule has 0 amide bonds. The predicted octanol–water partition coefficient (Wildman–Crippen LogP) is 6.24. The Balaban J connectivity index is 1.76. The van der Waals surface area contributed by atoms with E-state index >= 15 is 0 Å². The molecule has 1 fully saturated rings. The summed E-state index contributed by atoms with van der Waals surface area (Å²) in [5.74, 6) is 0. The molecule has 0 saturated carbocycles. The van der Waals surface area contributed by atoms with Crippen molar-refractivity contribution in [1.29, 1.82) is 0 Å². The van der Waals surface area contributed by atoms with Gasteiger partial charge in [-0.1, -0.05) is 68.4 Å². The zero-order chi connectivity index (χ0) is 18.1. The predicted molar refractivity (Wildman–Crippen MR) is 116 cm³/mol. The maximum Gasteiger partial charge on any atom is 0.329 e. The second kappa shape index (κ2) is 5.34. The van der Waals surface area contributed by atoms with E-state index in [0.717, 1.165) is 6.32 Å². The highest BCUT2D eigenvalue weighted by Crippen LogP contribution is 2.46. The molecule has 2 heterocycles. The molecule has 1 aliphatic rings. The Morgan fingerprint density at radius 1 is 0.808 bits per heavy atom. The smallest absolute Gasteiger partial charge is 0.329 e. The SMILES string of the molecule is CC1(C)CB(c2cccc3c2sc2c4ccccc4ccc32)OC1(C)C. The van der Waals surface area contributed by atoms with E-state index < -0.39 is 0 Å². The topological polar surface area (TPSA) is 9.23 Å². The third-order valence-electron chi connectivity index (χ3n) is 6.53. The first-order chi connectivity index (χ1) is 12.4. The molecule has 3 heteroatoms. The Bertz CT molecular complexity index is 1140. The summed E-state index contributed by atoms with van der Waals surface area (Å²) >= 11 is 1.92. The van der Waals surface area contributed by atoms with Gasteiger partial charge in [-0.25, -0.2) is 0 Å². The highest BCUT2D eigenvalue weighted by atomic mass is 32.1. The molecule has 0 spiro atoms. The molecule has 26 heavy (non-hydrogen) atoms. The van der Waals surface area contributed by atoms with Gasteiger partial charge in [0, 0.05) is 14.8 Å². The van der Waals surface area contributed by atoms with Crippen LogP contribution in [0.3, 0.4) is 0 Å². The van der Waals surface area contributed by atoms with Crippen LogP contribution in [0.4, 0.5) is 0 Å². The fourth-order valence-electron chi connectivity index (χ4n) is 4.24. The quantitative estimate of drug-likeness (QED) is 0.366. The van der Waals surface area contributed by atoms with Gasteiger partial charge in [0.1, 0.15) is 0 Å². The van der Waals surface area contributed by atoms with Crippen molar-refractivity contribution in [3.63, 3.8) is 0 Å². The Morgan fingerprint density at radius 3 is 2.31 bits per heavy atom. The van der Waals surface area contributed by atoms with Crippen molar-refractivity contribution in [2.24, 2.45) is 5.41 Å². The third-order valence-corrected chi connectivity index (χ3v) is 7.83. The van der Waals surface area contributed by atoms with Crippen LogP contribution < -0.4 is 5.46 Å². The van der Waals surface area contributed by atoms with Gasteiger partial charge in [0.15, 0.2) is 0 Å². The molecule has 130 valence electrons. The standard InChI is InChI=1S/C23H23BOS/c1-22(2)14-24(25-23(22,3)4)19-11-7-10-17-18-13-12-15-8-5-6-9-16(15)20(18)26-21(17)19/h5-13H,14H2,1-4H3. The van der Waals surface area contributed by atoms with Gasteiger partial charge < -0.3 is 4.65 Å². The minimum Gasteiger partial charge on any atom is -0.425 e. The fraction of sp³-hybridized carbons (Fsp3) is 0.304. The molecular formula is C23H23BOS. The molecule has 3 aromatic carbocycles. The second-order valence-corrected chi connectivity index (χ2v) is 9.71. The molecule has 5 rings (SSSR count). The van der Waals surface area contributed by atoms with Crippen LogP contribution in [0.25, 0.3) is 30.9 Å². The molecule has 0 bridgehead atoms. The lowest BCUT2D eigenvalue weighted by Gasteiger charge is -2.34. The molecular weight excluding hydrogens is 335 g/mol. The monoisotopic (exact) mass is 358 g/mol. The summed E-state index contributed by atoms with van der Waals surface area (Å²) in [5.41, 5.74) is 1.42. The summed E-state index contributed by atoms with van der Waals surface area (Å²) in [7, 11) is 0. The van der Waals surface area contributed by atoms with Crippen LogP contribution in [-0.2, 0) is 4.65 Å². The lowest BCUT2D eigenvalue weighted by atomic mass is 9.54. The van der Waals surface area contributed by atoms with Gasteiger partial charge in [-0.3, -0.25) is 0 Å². The Labute approximate surface area is 159 Å². The third kappa shape index (κ3) is 2.20. The summed E-state index contributed by atoms with van der Waals surface area (Å²) in [4.78, 5) is 0. The molecule has 1 aromatic heterocycles. The number of hydrogen-bond acceptors (Lipinski definition) is 2. The highest BCUT2D eigenvalue weighted by Gasteiger charge is 2.50. The lowest BCUT2D eigenvalue weighted by Crippen LogP contribution is -2.36. The van der Waals surface area contributed by atoms with Crippen molar-refractivity contribution in [2.75, 3.05) is 0 Å². The minimum absolute atomic E-state index is 0.108. The van der Waals surface area contributed by atoms with Crippen LogP contribution in [0.15, 0.2) is 54.6 Å². The largest absolute Gasteiger partial charge is 0.425 e. The van der Waals surface area contributed by atoms with E-state index in [1.165, 1.54) is 36.4 Å². The molecule has 1 nitrogen and oxygen atoms in total. The van der Waals surface area contributed by atoms with E-state index in [0.29, 0.717) is 0 Å². The first kappa shape index (κ1) is 16.3. The van der Waals surface area contributed by atoms with Gasteiger partial charge in [0.05, 0.1) is 5.60 Å². The summed E-state index contributed by atoms with van der Waals surface area (Å²) in [5, 5.41) is 5.39.